The second kappa shape index (κ2) is 5.47. The van der Waals surface area contributed by atoms with E-state index in [0.29, 0.717) is 5.02 Å². The van der Waals surface area contributed by atoms with E-state index in [1.54, 1.807) is 6.92 Å². The van der Waals surface area contributed by atoms with Crippen molar-refractivity contribution in [1.29, 1.82) is 0 Å². The van der Waals surface area contributed by atoms with Crippen LogP contribution >= 0.6 is 11.6 Å². The number of pyridine rings is 1. The molecule has 1 atom stereocenters. The summed E-state index contributed by atoms with van der Waals surface area (Å²) in [5, 5.41) is 11.8. The van der Waals surface area contributed by atoms with Crippen molar-refractivity contribution in [3.05, 3.63) is 64.8 Å². The van der Waals surface area contributed by atoms with Gasteiger partial charge in [-0.25, -0.2) is 0 Å². The van der Waals surface area contributed by atoms with E-state index in [4.69, 9.17) is 11.6 Å². The molecule has 0 aliphatic heterocycles. The summed E-state index contributed by atoms with van der Waals surface area (Å²) < 4.78 is 0. The molecular formula is C18H16ClNO. The molecule has 3 aromatic rings. The van der Waals surface area contributed by atoms with Crippen LogP contribution in [0.15, 0.2) is 48.5 Å². The fourth-order valence-corrected chi connectivity index (χ4v) is 2.97. The zero-order valence-corrected chi connectivity index (χ0v) is 12.7. The lowest BCUT2D eigenvalue weighted by atomic mass is 9.92. The highest BCUT2D eigenvalue weighted by molar-refractivity contribution is 6.31. The van der Waals surface area contributed by atoms with Gasteiger partial charge in [-0.05, 0) is 43.2 Å². The molecular weight excluding hydrogens is 282 g/mol. The van der Waals surface area contributed by atoms with E-state index >= 15 is 0 Å². The molecule has 1 unspecified atom stereocenters. The highest BCUT2D eigenvalue weighted by Gasteiger charge is 2.17. The van der Waals surface area contributed by atoms with Crippen LogP contribution in [-0.2, 0) is 0 Å². The average molecular weight is 298 g/mol. The average Bonchev–Trinajstić information content (AvgIpc) is 2.47. The summed E-state index contributed by atoms with van der Waals surface area (Å²) in [7, 11) is 0. The van der Waals surface area contributed by atoms with Crippen molar-refractivity contribution in [2.24, 2.45) is 0 Å². The lowest BCUT2D eigenvalue weighted by Crippen LogP contribution is -2.02. The van der Waals surface area contributed by atoms with Gasteiger partial charge in [0.15, 0.2) is 0 Å². The van der Waals surface area contributed by atoms with Gasteiger partial charge < -0.3 is 5.11 Å². The number of aliphatic hydroxyl groups is 1. The lowest BCUT2D eigenvalue weighted by Gasteiger charge is -2.18. The van der Waals surface area contributed by atoms with Gasteiger partial charge in [-0.3, -0.25) is 4.98 Å². The number of aryl methyl sites for hydroxylation is 1. The SMILES string of the molecule is Cc1nc2ccc(Cl)cc2c(-c2ccccc2)c1C(C)O. The minimum atomic E-state index is -0.587. The molecule has 0 bridgehead atoms. The van der Waals surface area contributed by atoms with Crippen molar-refractivity contribution >= 4 is 22.5 Å². The summed E-state index contributed by atoms with van der Waals surface area (Å²) in [5.74, 6) is 0. The Morgan fingerprint density at radius 2 is 1.81 bits per heavy atom. The third kappa shape index (κ3) is 2.53. The van der Waals surface area contributed by atoms with Crippen molar-refractivity contribution in [1.82, 2.24) is 4.98 Å². The Morgan fingerprint density at radius 3 is 2.48 bits per heavy atom. The van der Waals surface area contributed by atoms with E-state index < -0.39 is 6.10 Å². The first-order valence-electron chi connectivity index (χ1n) is 6.91. The fraction of sp³-hybridized carbons (Fsp3) is 0.167. The van der Waals surface area contributed by atoms with E-state index in [1.807, 2.05) is 55.5 Å². The molecule has 0 aliphatic rings. The number of fused-ring (bicyclic) bond motifs is 1. The third-order valence-corrected chi connectivity index (χ3v) is 3.89. The topological polar surface area (TPSA) is 33.1 Å². The van der Waals surface area contributed by atoms with Crippen molar-refractivity contribution in [2.45, 2.75) is 20.0 Å². The van der Waals surface area contributed by atoms with Gasteiger partial charge in [0.1, 0.15) is 0 Å². The normalized spacial score (nSPS) is 12.6. The molecule has 1 heterocycles. The van der Waals surface area contributed by atoms with E-state index in [-0.39, 0.29) is 0 Å². The molecule has 1 N–H and O–H groups in total. The van der Waals surface area contributed by atoms with Crippen molar-refractivity contribution < 1.29 is 5.11 Å². The van der Waals surface area contributed by atoms with Gasteiger partial charge in [0.05, 0.1) is 11.6 Å². The van der Waals surface area contributed by atoms with Crippen LogP contribution in [0.4, 0.5) is 0 Å². The maximum absolute atomic E-state index is 10.2. The van der Waals surface area contributed by atoms with E-state index in [0.717, 1.165) is 33.3 Å². The second-order valence-electron chi connectivity index (χ2n) is 5.19. The van der Waals surface area contributed by atoms with Crippen LogP contribution in [0.1, 0.15) is 24.3 Å². The molecule has 1 aromatic heterocycles. The zero-order valence-electron chi connectivity index (χ0n) is 12.0. The number of halogens is 1. The summed E-state index contributed by atoms with van der Waals surface area (Å²) in [5.41, 5.74) is 4.66. The Morgan fingerprint density at radius 1 is 1.10 bits per heavy atom. The van der Waals surface area contributed by atoms with E-state index in [1.165, 1.54) is 0 Å². The van der Waals surface area contributed by atoms with Gasteiger partial charge in [-0.1, -0.05) is 41.9 Å². The minimum Gasteiger partial charge on any atom is -0.389 e. The Bertz CT molecular complexity index is 797. The van der Waals surface area contributed by atoms with E-state index in [2.05, 4.69) is 4.98 Å². The number of aliphatic hydroxyl groups excluding tert-OH is 1. The van der Waals surface area contributed by atoms with Gasteiger partial charge in [0.2, 0.25) is 0 Å². The maximum Gasteiger partial charge on any atom is 0.0785 e. The van der Waals surface area contributed by atoms with Crippen LogP contribution in [0.25, 0.3) is 22.0 Å². The molecule has 106 valence electrons. The van der Waals surface area contributed by atoms with Crippen LogP contribution in [0, 0.1) is 6.92 Å². The second-order valence-corrected chi connectivity index (χ2v) is 5.63. The van der Waals surface area contributed by atoms with Crippen molar-refractivity contribution in [2.75, 3.05) is 0 Å². The molecule has 21 heavy (non-hydrogen) atoms. The summed E-state index contributed by atoms with van der Waals surface area (Å²) >= 11 is 6.16. The molecule has 0 saturated carbocycles. The molecule has 0 aliphatic carbocycles. The first kappa shape index (κ1) is 14.1. The van der Waals surface area contributed by atoms with E-state index in [9.17, 15) is 5.11 Å². The quantitative estimate of drug-likeness (QED) is 0.728. The standard InChI is InChI=1S/C18H16ClNO/c1-11-17(12(2)21)18(13-6-4-3-5-7-13)15-10-14(19)8-9-16(15)20-11/h3-10,12,21H,1-2H3. The van der Waals surface area contributed by atoms with Crippen LogP contribution in [0.2, 0.25) is 5.02 Å². The number of nitrogens with zero attached hydrogens (tertiary/aromatic N) is 1. The van der Waals surface area contributed by atoms with Crippen molar-refractivity contribution in [3.8, 4) is 11.1 Å². The number of hydrogen-bond acceptors (Lipinski definition) is 2. The molecule has 0 amide bonds. The summed E-state index contributed by atoms with van der Waals surface area (Å²) in [4.78, 5) is 4.61. The smallest absolute Gasteiger partial charge is 0.0785 e. The first-order valence-corrected chi connectivity index (χ1v) is 7.29. The van der Waals surface area contributed by atoms with Gasteiger partial charge >= 0.3 is 0 Å². The summed E-state index contributed by atoms with van der Waals surface area (Å²) in [6.45, 7) is 3.70. The Labute approximate surface area is 129 Å². The highest BCUT2D eigenvalue weighted by Crippen LogP contribution is 2.37. The molecule has 0 radical (unpaired) electrons. The van der Waals surface area contributed by atoms with Crippen LogP contribution in [0.5, 0.6) is 0 Å². The molecule has 3 heteroatoms. The highest BCUT2D eigenvalue weighted by atomic mass is 35.5. The van der Waals surface area contributed by atoms with Gasteiger partial charge in [0, 0.05) is 21.7 Å². The third-order valence-electron chi connectivity index (χ3n) is 3.66. The molecule has 3 rings (SSSR count). The van der Waals surface area contributed by atoms with Crippen LogP contribution in [-0.4, -0.2) is 10.1 Å². The molecule has 0 spiro atoms. The largest absolute Gasteiger partial charge is 0.389 e. The van der Waals surface area contributed by atoms with Gasteiger partial charge in [-0.15, -0.1) is 0 Å². The number of benzene rings is 2. The Hall–Kier alpha value is -1.90. The van der Waals surface area contributed by atoms with Crippen molar-refractivity contribution in [3.63, 3.8) is 0 Å². The number of aromatic nitrogens is 1. The fourth-order valence-electron chi connectivity index (χ4n) is 2.80. The molecule has 0 fully saturated rings. The number of hydrogen-bond donors (Lipinski definition) is 1. The Balaban J connectivity index is 2.47. The minimum absolute atomic E-state index is 0.587. The summed E-state index contributed by atoms with van der Waals surface area (Å²) in [6, 6.07) is 15.7. The van der Waals surface area contributed by atoms with Gasteiger partial charge in [0.25, 0.3) is 0 Å². The Kier molecular flexibility index (Phi) is 3.66. The summed E-state index contributed by atoms with van der Waals surface area (Å²) in [6.07, 6.45) is -0.587. The molecule has 0 saturated heterocycles. The predicted molar refractivity (Wildman–Crippen MR) is 87.6 cm³/mol. The van der Waals surface area contributed by atoms with Gasteiger partial charge in [-0.2, -0.15) is 0 Å². The monoisotopic (exact) mass is 297 g/mol. The maximum atomic E-state index is 10.2. The number of rotatable bonds is 2. The molecule has 2 nitrogen and oxygen atoms in total. The van der Waals surface area contributed by atoms with Crippen LogP contribution < -0.4 is 0 Å². The zero-order chi connectivity index (χ0) is 15.0. The molecule has 2 aromatic carbocycles. The van der Waals surface area contributed by atoms with Crippen LogP contribution in [0.3, 0.4) is 0 Å². The lowest BCUT2D eigenvalue weighted by molar-refractivity contribution is 0.199. The predicted octanol–water partition coefficient (Wildman–Crippen LogP) is 4.92. The first-order chi connectivity index (χ1) is 10.1.